The summed E-state index contributed by atoms with van der Waals surface area (Å²) in [5.74, 6) is -6.69. The summed E-state index contributed by atoms with van der Waals surface area (Å²) in [7, 11) is 0. The Hall–Kier alpha value is -5.94. The third-order valence-corrected chi connectivity index (χ3v) is 13.6. The maximum absolute atomic E-state index is 14.5. The number of thioether (sulfide) groups is 1. The standard InChI is InChI=1S/C45H65ClN12O9S2/c1-4-50-38(61)29(10-5-17-51-45(48)49)53-42(65)34-11-6-18-58(34)44(67)33-24-68-19-8-12-36(60)52-30(21-26-13-15-27(46)16-14-26)39(62)54-31(22-28-9-7-20-69-28)41(64)57-37(25(2)3)43(66)55-32(23-35(47)59)40(63)56-33/h7,9,13-16,20,25,29-34,37H,4-6,8,10-12,17-19,21-24H2,1-3H3,(H2,47,59)(H,50,61)(H,52,60)(H,53,65)(H,54,62)(H,55,66)(H,56,63)(H,57,64)(H4,48,49,51)/t29-,30+,31+,32+,33+,34+,37+/m1/s1. The van der Waals surface area contributed by atoms with Crippen molar-refractivity contribution in [2.24, 2.45) is 28.1 Å². The van der Waals surface area contributed by atoms with Gasteiger partial charge in [-0.1, -0.05) is 43.6 Å². The smallest absolute Gasteiger partial charge is 0.246 e. The second-order valence-electron chi connectivity index (χ2n) is 17.1. The molecule has 0 saturated carbocycles. The van der Waals surface area contributed by atoms with Crippen molar-refractivity contribution in [3.63, 3.8) is 0 Å². The minimum atomic E-state index is -1.60. The van der Waals surface area contributed by atoms with Crippen LogP contribution >= 0.6 is 34.7 Å². The number of carbonyl (C=O) groups excluding carboxylic acids is 9. The van der Waals surface area contributed by atoms with E-state index in [-0.39, 0.29) is 63.3 Å². The molecule has 1 aromatic heterocycles. The van der Waals surface area contributed by atoms with Crippen LogP contribution in [-0.4, -0.2) is 137 Å². The molecule has 0 bridgehead atoms. The number of likely N-dealkylation sites (N-methyl/N-ethyl adjacent to an activating group) is 1. The second-order valence-corrected chi connectivity index (χ2v) is 19.7. The highest BCUT2D eigenvalue weighted by molar-refractivity contribution is 7.99. The Morgan fingerprint density at radius 1 is 0.870 bits per heavy atom. The molecule has 2 aromatic rings. The Morgan fingerprint density at radius 3 is 2.20 bits per heavy atom. The lowest BCUT2D eigenvalue weighted by molar-refractivity contribution is -0.142. The first-order valence-electron chi connectivity index (χ1n) is 22.9. The number of nitrogens with one attached hydrogen (secondary N) is 7. The van der Waals surface area contributed by atoms with E-state index in [1.807, 2.05) is 5.38 Å². The van der Waals surface area contributed by atoms with Crippen LogP contribution in [-0.2, 0) is 56.0 Å². The van der Waals surface area contributed by atoms with Crippen molar-refractivity contribution in [2.45, 2.75) is 121 Å². The van der Waals surface area contributed by atoms with Gasteiger partial charge in [0.05, 0.1) is 6.42 Å². The Bertz CT molecular complexity index is 2140. The molecule has 21 nitrogen and oxygen atoms in total. The van der Waals surface area contributed by atoms with Gasteiger partial charge in [0.1, 0.15) is 42.3 Å². The van der Waals surface area contributed by atoms with Crippen LogP contribution in [0.15, 0.2) is 46.8 Å². The van der Waals surface area contributed by atoms with Crippen LogP contribution < -0.4 is 54.4 Å². The number of rotatable bonds is 16. The van der Waals surface area contributed by atoms with Gasteiger partial charge in [-0.2, -0.15) is 11.8 Å². The number of hydrogen-bond acceptors (Lipinski definition) is 12. The quantitative estimate of drug-likeness (QED) is 0.0569. The van der Waals surface area contributed by atoms with Crippen molar-refractivity contribution in [1.29, 1.82) is 0 Å². The average Bonchev–Trinajstić information content (AvgIpc) is 4.01. The fourth-order valence-electron chi connectivity index (χ4n) is 7.73. The molecule has 1 aromatic carbocycles. The van der Waals surface area contributed by atoms with Gasteiger partial charge in [0.2, 0.25) is 53.2 Å². The lowest BCUT2D eigenvalue weighted by Crippen LogP contribution is -2.61. The van der Waals surface area contributed by atoms with E-state index in [0.29, 0.717) is 35.7 Å². The number of hydrogen-bond donors (Lipinski definition) is 10. The Kier molecular flexibility index (Phi) is 22.5. The maximum atomic E-state index is 14.5. The van der Waals surface area contributed by atoms with Gasteiger partial charge >= 0.3 is 0 Å². The molecule has 3 heterocycles. The highest BCUT2D eigenvalue weighted by atomic mass is 35.5. The molecular weight excluding hydrogens is 952 g/mol. The lowest BCUT2D eigenvalue weighted by Gasteiger charge is -2.31. The molecule has 378 valence electrons. The second kappa shape index (κ2) is 27.9. The van der Waals surface area contributed by atoms with Gasteiger partial charge in [0.25, 0.3) is 0 Å². The van der Waals surface area contributed by atoms with Crippen molar-refractivity contribution in [3.05, 3.63) is 57.2 Å². The van der Waals surface area contributed by atoms with Gasteiger partial charge in [0.15, 0.2) is 5.96 Å². The molecule has 2 aliphatic heterocycles. The molecule has 0 aliphatic carbocycles. The molecule has 2 aliphatic rings. The molecule has 0 spiro atoms. The number of thiophene rings is 1. The van der Waals surface area contributed by atoms with Crippen LogP contribution in [0.2, 0.25) is 5.02 Å². The Labute approximate surface area is 414 Å². The maximum Gasteiger partial charge on any atom is 0.246 e. The van der Waals surface area contributed by atoms with E-state index in [0.717, 1.165) is 4.88 Å². The minimum absolute atomic E-state index is 0.0304. The monoisotopic (exact) mass is 1020 g/mol. The van der Waals surface area contributed by atoms with E-state index >= 15 is 0 Å². The predicted molar refractivity (Wildman–Crippen MR) is 263 cm³/mol. The van der Waals surface area contributed by atoms with Crippen LogP contribution in [0.3, 0.4) is 0 Å². The van der Waals surface area contributed by atoms with Gasteiger partial charge in [-0.05, 0) is 79.8 Å². The Balaban J connectivity index is 1.65. The zero-order valence-corrected chi connectivity index (χ0v) is 41.4. The van der Waals surface area contributed by atoms with Gasteiger partial charge < -0.3 is 59.3 Å². The molecule has 24 heteroatoms. The van der Waals surface area contributed by atoms with E-state index in [1.54, 1.807) is 57.2 Å². The van der Waals surface area contributed by atoms with Crippen molar-refractivity contribution in [1.82, 2.24) is 42.1 Å². The molecule has 4 rings (SSSR count). The van der Waals surface area contributed by atoms with Crippen LogP contribution in [0.5, 0.6) is 0 Å². The zero-order chi connectivity index (χ0) is 50.6. The van der Waals surface area contributed by atoms with Crippen LogP contribution in [0.25, 0.3) is 0 Å². The molecular formula is C45H65ClN12O9S2. The predicted octanol–water partition coefficient (Wildman–Crippen LogP) is -0.665. The fourth-order valence-corrected chi connectivity index (χ4v) is 9.58. The Morgan fingerprint density at radius 2 is 1.55 bits per heavy atom. The third-order valence-electron chi connectivity index (χ3n) is 11.3. The van der Waals surface area contributed by atoms with E-state index in [9.17, 15) is 43.2 Å². The number of halogens is 1. The third kappa shape index (κ3) is 18.1. The minimum Gasteiger partial charge on any atom is -0.370 e. The van der Waals surface area contributed by atoms with Gasteiger partial charge in [-0.15, -0.1) is 11.3 Å². The number of nitrogens with zero attached hydrogens (tertiary/aromatic N) is 2. The molecule has 2 fully saturated rings. The number of likely N-dealkylation sites (tertiary alicyclic amines) is 1. The SMILES string of the molecule is CCNC(=O)[C@@H](CCCN=C(N)N)NC(=O)[C@@H]1CCCN1C(=O)[C@@H]1CSCCCC(=O)N[C@@H](Cc2ccc(Cl)cc2)C(=O)N[C@@H](Cc2cccs2)C(=O)N[C@@H](C(C)C)C(=O)N[C@@H](CC(N)=O)C(=O)N1. The lowest BCUT2D eigenvalue weighted by atomic mass is 10.0. The number of benzene rings is 1. The van der Waals surface area contributed by atoms with Crippen LogP contribution in [0.1, 0.15) is 76.2 Å². The molecule has 13 N–H and O–H groups in total. The van der Waals surface area contributed by atoms with Gasteiger partial charge in [-0.3, -0.25) is 48.1 Å². The number of guanidine groups is 1. The summed E-state index contributed by atoms with van der Waals surface area (Å²) >= 11 is 8.71. The summed E-state index contributed by atoms with van der Waals surface area (Å²) in [6.45, 7) is 5.69. The first-order valence-corrected chi connectivity index (χ1v) is 25.4. The summed E-state index contributed by atoms with van der Waals surface area (Å²) in [6.07, 6.45) is 0.910. The number of carbonyl (C=O) groups is 9. The van der Waals surface area contributed by atoms with E-state index in [2.05, 4.69) is 42.2 Å². The summed E-state index contributed by atoms with van der Waals surface area (Å²) < 4.78 is 0. The fraction of sp³-hybridized carbons (Fsp3) is 0.556. The number of primary amides is 1. The molecule has 9 amide bonds. The van der Waals surface area contributed by atoms with Crippen LogP contribution in [0, 0.1) is 5.92 Å². The first-order chi connectivity index (χ1) is 32.9. The molecule has 69 heavy (non-hydrogen) atoms. The van der Waals surface area contributed by atoms with E-state index in [1.165, 1.54) is 28.0 Å². The zero-order valence-electron chi connectivity index (χ0n) is 39.1. The highest BCUT2D eigenvalue weighted by Crippen LogP contribution is 2.22. The number of nitrogens with two attached hydrogens (primary N) is 3. The van der Waals surface area contributed by atoms with Crippen molar-refractivity contribution < 1.29 is 43.2 Å². The summed E-state index contributed by atoms with van der Waals surface area (Å²) in [5, 5.41) is 21.3. The van der Waals surface area contributed by atoms with Crippen molar-refractivity contribution >= 4 is 93.8 Å². The number of aliphatic imine (C=N–C) groups is 1. The summed E-state index contributed by atoms with van der Waals surface area (Å²) in [6, 6.07) is 1.77. The summed E-state index contributed by atoms with van der Waals surface area (Å²) in [4.78, 5) is 130. The molecule has 0 unspecified atom stereocenters. The van der Waals surface area contributed by atoms with Gasteiger partial charge in [-0.25, -0.2) is 0 Å². The number of amides is 9. The average molecular weight is 1020 g/mol. The van der Waals surface area contributed by atoms with E-state index in [4.69, 9.17) is 28.8 Å². The van der Waals surface area contributed by atoms with Gasteiger partial charge in [0, 0.05) is 54.5 Å². The largest absolute Gasteiger partial charge is 0.370 e. The topological polar surface area (TPSA) is 331 Å². The first kappa shape index (κ1) is 55.7. The van der Waals surface area contributed by atoms with Crippen LogP contribution in [0.4, 0.5) is 0 Å². The van der Waals surface area contributed by atoms with E-state index < -0.39 is 108 Å². The molecule has 0 radical (unpaired) electrons. The highest BCUT2D eigenvalue weighted by Gasteiger charge is 2.40. The van der Waals surface area contributed by atoms with Crippen molar-refractivity contribution in [2.75, 3.05) is 31.1 Å². The molecule has 2 saturated heterocycles. The van der Waals surface area contributed by atoms with Crippen molar-refractivity contribution in [3.8, 4) is 0 Å². The normalized spacial score (nSPS) is 22.7. The summed E-state index contributed by atoms with van der Waals surface area (Å²) in [5.41, 5.74) is 17.1. The molecule has 7 atom stereocenters.